The number of carboxylic acid groups (broad SMARTS) is 1. The average Bonchev–Trinajstić information content (AvgIpc) is 2.34. The number of hydrogen-bond donors (Lipinski definition) is 2. The van der Waals surface area contributed by atoms with E-state index < -0.39 is 5.97 Å². The van der Waals surface area contributed by atoms with Gasteiger partial charge < -0.3 is 10.5 Å². The number of aliphatic carboxylic acids is 1. The second-order valence-electron chi connectivity index (χ2n) is 3.93. The van der Waals surface area contributed by atoms with Crippen LogP contribution in [-0.2, 0) is 11.3 Å². The van der Waals surface area contributed by atoms with Crippen molar-refractivity contribution >= 4 is 11.7 Å². The Morgan fingerprint density at radius 2 is 2.06 bits per heavy atom. The standard InChI is InChI=1S/C13H18N2O2/c1-3-10(2)12(13(16)17)15-14-9-11-7-5-4-6-8-11/h4-8,10,14H,3,9H2,1-2H3,(H,16,17). The predicted molar refractivity (Wildman–Crippen MR) is 67.8 cm³/mol. The van der Waals surface area contributed by atoms with Crippen LogP contribution in [0.5, 0.6) is 0 Å². The van der Waals surface area contributed by atoms with Crippen molar-refractivity contribution in [1.29, 1.82) is 0 Å². The van der Waals surface area contributed by atoms with Crippen LogP contribution in [0, 0.1) is 5.92 Å². The lowest BCUT2D eigenvalue weighted by atomic mass is 10.0. The lowest BCUT2D eigenvalue weighted by Crippen LogP contribution is -2.24. The minimum absolute atomic E-state index is 0.0456. The van der Waals surface area contributed by atoms with E-state index in [1.807, 2.05) is 44.2 Å². The average molecular weight is 234 g/mol. The first-order chi connectivity index (χ1) is 8.15. The zero-order valence-electron chi connectivity index (χ0n) is 10.2. The summed E-state index contributed by atoms with van der Waals surface area (Å²) in [4.78, 5) is 11.0. The van der Waals surface area contributed by atoms with Gasteiger partial charge in [0.15, 0.2) is 0 Å². The summed E-state index contributed by atoms with van der Waals surface area (Å²) in [7, 11) is 0. The highest BCUT2D eigenvalue weighted by Crippen LogP contribution is 2.04. The fourth-order valence-electron chi connectivity index (χ4n) is 1.37. The molecule has 1 rings (SSSR count). The van der Waals surface area contributed by atoms with Crippen LogP contribution in [0.4, 0.5) is 0 Å². The molecule has 1 unspecified atom stereocenters. The molecule has 0 saturated heterocycles. The first kappa shape index (κ1) is 13.2. The topological polar surface area (TPSA) is 61.7 Å². The minimum atomic E-state index is -0.958. The van der Waals surface area contributed by atoms with Gasteiger partial charge >= 0.3 is 5.97 Å². The number of carbonyl (C=O) groups is 1. The molecule has 0 aliphatic heterocycles. The van der Waals surface area contributed by atoms with Crippen molar-refractivity contribution in [3.63, 3.8) is 0 Å². The van der Waals surface area contributed by atoms with Gasteiger partial charge in [-0.3, -0.25) is 0 Å². The minimum Gasteiger partial charge on any atom is -0.477 e. The molecular weight excluding hydrogens is 216 g/mol. The molecule has 0 amide bonds. The van der Waals surface area contributed by atoms with Crippen molar-refractivity contribution in [3.05, 3.63) is 35.9 Å². The summed E-state index contributed by atoms with van der Waals surface area (Å²) in [5, 5.41) is 13.0. The van der Waals surface area contributed by atoms with Gasteiger partial charge in [0.2, 0.25) is 0 Å². The van der Waals surface area contributed by atoms with Gasteiger partial charge in [-0.05, 0) is 12.0 Å². The first-order valence-corrected chi connectivity index (χ1v) is 5.72. The van der Waals surface area contributed by atoms with E-state index in [-0.39, 0.29) is 11.6 Å². The lowest BCUT2D eigenvalue weighted by molar-refractivity contribution is -0.129. The van der Waals surface area contributed by atoms with Crippen LogP contribution in [0.3, 0.4) is 0 Å². The molecule has 0 aliphatic rings. The van der Waals surface area contributed by atoms with Gasteiger partial charge in [-0.15, -0.1) is 0 Å². The Kier molecular flexibility index (Phi) is 5.20. The van der Waals surface area contributed by atoms with E-state index in [2.05, 4.69) is 10.5 Å². The molecule has 92 valence electrons. The van der Waals surface area contributed by atoms with Crippen LogP contribution in [0.2, 0.25) is 0 Å². The van der Waals surface area contributed by atoms with Gasteiger partial charge in [0.25, 0.3) is 0 Å². The Morgan fingerprint density at radius 3 is 2.59 bits per heavy atom. The van der Waals surface area contributed by atoms with E-state index in [0.29, 0.717) is 6.54 Å². The van der Waals surface area contributed by atoms with Gasteiger partial charge in [0.1, 0.15) is 5.71 Å². The molecule has 0 bridgehead atoms. The van der Waals surface area contributed by atoms with Crippen molar-refractivity contribution in [2.45, 2.75) is 26.8 Å². The van der Waals surface area contributed by atoms with Crippen LogP contribution in [0.25, 0.3) is 0 Å². The third-order valence-electron chi connectivity index (χ3n) is 2.62. The SMILES string of the molecule is CCC(C)C(=NNCc1ccccc1)C(=O)O. The smallest absolute Gasteiger partial charge is 0.352 e. The highest BCUT2D eigenvalue weighted by Gasteiger charge is 2.16. The van der Waals surface area contributed by atoms with Crippen molar-refractivity contribution in [1.82, 2.24) is 5.43 Å². The van der Waals surface area contributed by atoms with E-state index in [1.54, 1.807) is 0 Å². The second kappa shape index (κ2) is 6.68. The highest BCUT2D eigenvalue weighted by molar-refractivity contribution is 6.36. The number of hydrogen-bond acceptors (Lipinski definition) is 3. The molecule has 0 fully saturated rings. The number of nitrogens with zero attached hydrogens (tertiary/aromatic N) is 1. The normalized spacial score (nSPS) is 13.2. The van der Waals surface area contributed by atoms with Crippen LogP contribution in [0.1, 0.15) is 25.8 Å². The van der Waals surface area contributed by atoms with E-state index in [4.69, 9.17) is 5.11 Å². The van der Waals surface area contributed by atoms with Crippen LogP contribution >= 0.6 is 0 Å². The molecule has 0 heterocycles. The Bertz CT molecular complexity index is 388. The summed E-state index contributed by atoms with van der Waals surface area (Å²) in [6.45, 7) is 4.34. The molecule has 4 heteroatoms. The Labute approximate surface area is 101 Å². The second-order valence-corrected chi connectivity index (χ2v) is 3.93. The molecular formula is C13H18N2O2. The molecule has 0 aromatic heterocycles. The maximum Gasteiger partial charge on any atom is 0.352 e. The van der Waals surface area contributed by atoms with E-state index in [1.165, 1.54) is 0 Å². The van der Waals surface area contributed by atoms with Gasteiger partial charge in [0.05, 0.1) is 6.54 Å². The van der Waals surface area contributed by atoms with Gasteiger partial charge in [0, 0.05) is 5.92 Å². The molecule has 1 atom stereocenters. The maximum absolute atomic E-state index is 11.0. The zero-order valence-corrected chi connectivity index (χ0v) is 10.2. The monoisotopic (exact) mass is 234 g/mol. The third kappa shape index (κ3) is 4.26. The molecule has 0 spiro atoms. The maximum atomic E-state index is 11.0. The van der Waals surface area contributed by atoms with Crippen LogP contribution in [0.15, 0.2) is 35.4 Å². The molecule has 4 nitrogen and oxygen atoms in total. The molecule has 1 aromatic carbocycles. The van der Waals surface area contributed by atoms with Crippen LogP contribution in [-0.4, -0.2) is 16.8 Å². The van der Waals surface area contributed by atoms with Crippen molar-refractivity contribution in [2.75, 3.05) is 0 Å². The number of nitrogens with one attached hydrogen (secondary N) is 1. The van der Waals surface area contributed by atoms with Gasteiger partial charge in [-0.1, -0.05) is 44.2 Å². The highest BCUT2D eigenvalue weighted by atomic mass is 16.4. The summed E-state index contributed by atoms with van der Waals surface area (Å²) in [5.41, 5.74) is 4.06. The fraction of sp³-hybridized carbons (Fsp3) is 0.385. The molecule has 1 aromatic rings. The van der Waals surface area contributed by atoms with E-state index in [0.717, 1.165) is 12.0 Å². The largest absolute Gasteiger partial charge is 0.477 e. The Morgan fingerprint density at radius 1 is 1.41 bits per heavy atom. The molecule has 0 radical (unpaired) electrons. The van der Waals surface area contributed by atoms with Crippen molar-refractivity contribution < 1.29 is 9.90 Å². The van der Waals surface area contributed by atoms with Crippen LogP contribution < -0.4 is 5.43 Å². The molecule has 0 saturated carbocycles. The summed E-state index contributed by atoms with van der Waals surface area (Å²) in [6.07, 6.45) is 0.762. The third-order valence-corrected chi connectivity index (χ3v) is 2.62. The number of carboxylic acids is 1. The first-order valence-electron chi connectivity index (χ1n) is 5.72. The summed E-state index contributed by atoms with van der Waals surface area (Å²) >= 11 is 0. The zero-order chi connectivity index (χ0) is 12.7. The van der Waals surface area contributed by atoms with Gasteiger partial charge in [-0.2, -0.15) is 5.10 Å². The summed E-state index contributed by atoms with van der Waals surface area (Å²) in [5.74, 6) is -1.00. The number of rotatable bonds is 6. The molecule has 0 aliphatic carbocycles. The lowest BCUT2D eigenvalue weighted by Gasteiger charge is -2.09. The van der Waals surface area contributed by atoms with E-state index >= 15 is 0 Å². The quantitative estimate of drug-likeness (QED) is 0.586. The Balaban J connectivity index is 2.59. The Hall–Kier alpha value is -1.84. The van der Waals surface area contributed by atoms with Gasteiger partial charge in [-0.25, -0.2) is 4.79 Å². The fourth-order valence-corrected chi connectivity index (χ4v) is 1.37. The number of hydrazone groups is 1. The van der Waals surface area contributed by atoms with E-state index in [9.17, 15) is 4.79 Å². The van der Waals surface area contributed by atoms with Crippen molar-refractivity contribution in [2.24, 2.45) is 11.0 Å². The number of benzene rings is 1. The predicted octanol–water partition coefficient (Wildman–Crippen LogP) is 2.26. The summed E-state index contributed by atoms with van der Waals surface area (Å²) < 4.78 is 0. The molecule has 17 heavy (non-hydrogen) atoms. The summed E-state index contributed by atoms with van der Waals surface area (Å²) in [6, 6.07) is 9.74. The molecule has 2 N–H and O–H groups in total. The van der Waals surface area contributed by atoms with Crippen molar-refractivity contribution in [3.8, 4) is 0 Å².